The van der Waals surface area contributed by atoms with E-state index < -0.39 is 0 Å². The lowest BCUT2D eigenvalue weighted by atomic mass is 9.85. The number of amides is 1. The van der Waals surface area contributed by atoms with Gasteiger partial charge < -0.3 is 29.3 Å². The van der Waals surface area contributed by atoms with E-state index >= 15 is 0 Å². The Morgan fingerprint density at radius 2 is 1.82 bits per heavy atom. The van der Waals surface area contributed by atoms with Crippen LogP contribution in [-0.2, 0) is 16.1 Å². The molecule has 0 spiro atoms. The molecule has 9 nitrogen and oxygen atoms in total. The van der Waals surface area contributed by atoms with Crippen molar-refractivity contribution < 1.29 is 23.4 Å². The maximum atomic E-state index is 12.3. The van der Waals surface area contributed by atoms with Gasteiger partial charge in [-0.1, -0.05) is 6.42 Å². The van der Waals surface area contributed by atoms with E-state index in [2.05, 4.69) is 32.7 Å². The molecule has 2 aliphatic heterocycles. The van der Waals surface area contributed by atoms with Gasteiger partial charge in [-0.05, 0) is 68.5 Å². The Morgan fingerprint density at radius 1 is 1.02 bits per heavy atom. The molecule has 6 rings (SSSR count). The van der Waals surface area contributed by atoms with Crippen molar-refractivity contribution in [3.05, 3.63) is 42.0 Å². The number of likely N-dealkylation sites (tertiary alicyclic amines) is 1. The third kappa shape index (κ3) is 6.70. The quantitative estimate of drug-likeness (QED) is 0.338. The van der Waals surface area contributed by atoms with Crippen molar-refractivity contribution in [3.63, 3.8) is 0 Å². The summed E-state index contributed by atoms with van der Waals surface area (Å²) in [6, 6.07) is 12.8. The highest BCUT2D eigenvalue weighted by atomic mass is 16.5. The summed E-state index contributed by atoms with van der Waals surface area (Å²) < 4.78 is 23.6. The van der Waals surface area contributed by atoms with Gasteiger partial charge in [-0.2, -0.15) is 4.98 Å². The molecule has 0 unspecified atom stereocenters. The van der Waals surface area contributed by atoms with E-state index in [1.807, 2.05) is 31.2 Å². The Balaban J connectivity index is 1.02. The lowest BCUT2D eigenvalue weighted by molar-refractivity contribution is -0.122. The van der Waals surface area contributed by atoms with Gasteiger partial charge in [0.15, 0.2) is 5.58 Å². The first-order valence-electron chi connectivity index (χ1n) is 14.8. The average Bonchev–Trinajstić information content (AvgIpc) is 3.31. The van der Waals surface area contributed by atoms with Crippen LogP contribution in [0.5, 0.6) is 11.5 Å². The average molecular weight is 549 g/mol. The van der Waals surface area contributed by atoms with Gasteiger partial charge in [-0.3, -0.25) is 9.69 Å². The first-order valence-corrected chi connectivity index (χ1v) is 14.8. The number of anilines is 2. The number of aromatic nitrogens is 1. The summed E-state index contributed by atoms with van der Waals surface area (Å²) in [7, 11) is 0. The zero-order chi connectivity index (χ0) is 27.3. The maximum Gasteiger partial charge on any atom is 0.295 e. The van der Waals surface area contributed by atoms with Gasteiger partial charge in [0, 0.05) is 56.2 Å². The maximum absolute atomic E-state index is 12.3. The Morgan fingerprint density at radius 3 is 2.58 bits per heavy atom. The fraction of sp³-hybridized carbons (Fsp3) is 0.548. The van der Waals surface area contributed by atoms with Crippen molar-refractivity contribution in [1.82, 2.24) is 9.88 Å². The van der Waals surface area contributed by atoms with E-state index in [-0.39, 0.29) is 17.9 Å². The molecule has 2 saturated heterocycles. The van der Waals surface area contributed by atoms with Gasteiger partial charge >= 0.3 is 0 Å². The van der Waals surface area contributed by atoms with Gasteiger partial charge in [-0.25, -0.2) is 0 Å². The van der Waals surface area contributed by atoms with Crippen molar-refractivity contribution in [2.75, 3.05) is 43.5 Å². The monoisotopic (exact) mass is 548 g/mol. The highest BCUT2D eigenvalue weighted by molar-refractivity contribution is 5.94. The van der Waals surface area contributed by atoms with Crippen LogP contribution in [0.4, 0.5) is 11.7 Å². The molecule has 1 amide bonds. The zero-order valence-corrected chi connectivity index (χ0v) is 23.3. The molecular weight excluding hydrogens is 508 g/mol. The number of benzene rings is 2. The summed E-state index contributed by atoms with van der Waals surface area (Å²) in [5, 5.41) is 6.51. The standard InChI is InChI=1S/C31H40N4O5/c1-2-38-26-16-21(17-27(19-26)39-25-10-14-37-15-11-25)20-35-12-8-23(9-13-35)33-31-34-28-18-24(6-7-29(28)40-31)32-30(36)22-4-3-5-22/h6-7,16-19,22-23,25H,2-5,8-15,20H2,1H3,(H,32,36)(H,33,34). The molecule has 0 radical (unpaired) electrons. The lowest BCUT2D eigenvalue weighted by Crippen LogP contribution is -2.38. The van der Waals surface area contributed by atoms with E-state index in [9.17, 15) is 4.79 Å². The number of hydrogen-bond acceptors (Lipinski definition) is 8. The predicted molar refractivity (Wildman–Crippen MR) is 154 cm³/mol. The Bertz CT molecular complexity index is 1290. The van der Waals surface area contributed by atoms with Crippen LogP contribution in [0.25, 0.3) is 11.1 Å². The molecular formula is C31H40N4O5. The van der Waals surface area contributed by atoms with Gasteiger partial charge in [0.25, 0.3) is 6.01 Å². The molecule has 40 heavy (non-hydrogen) atoms. The molecule has 0 bridgehead atoms. The van der Waals surface area contributed by atoms with Crippen molar-refractivity contribution in [2.45, 2.75) is 70.6 Å². The highest BCUT2D eigenvalue weighted by Crippen LogP contribution is 2.30. The molecule has 0 atom stereocenters. The molecule has 2 N–H and O–H groups in total. The summed E-state index contributed by atoms with van der Waals surface area (Å²) in [6.07, 6.45) is 7.15. The number of carbonyl (C=O) groups excluding carboxylic acids is 1. The largest absolute Gasteiger partial charge is 0.494 e. The van der Waals surface area contributed by atoms with E-state index in [4.69, 9.17) is 18.6 Å². The molecule has 1 aliphatic carbocycles. The molecule has 1 saturated carbocycles. The van der Waals surface area contributed by atoms with Gasteiger partial charge in [0.2, 0.25) is 5.91 Å². The van der Waals surface area contributed by atoms with E-state index in [0.717, 1.165) is 106 Å². The van der Waals surface area contributed by atoms with Crippen molar-refractivity contribution >= 4 is 28.7 Å². The second-order valence-corrected chi connectivity index (χ2v) is 11.2. The number of rotatable bonds is 10. The molecule has 3 aliphatic rings. The topological polar surface area (TPSA) is 98.1 Å². The third-order valence-electron chi connectivity index (χ3n) is 8.17. The fourth-order valence-electron chi connectivity index (χ4n) is 5.68. The van der Waals surface area contributed by atoms with Crippen LogP contribution in [-0.4, -0.2) is 60.8 Å². The Labute approximate surface area is 235 Å². The van der Waals surface area contributed by atoms with Crippen LogP contribution >= 0.6 is 0 Å². The summed E-state index contributed by atoms with van der Waals surface area (Å²) in [4.78, 5) is 19.4. The molecule has 3 heterocycles. The summed E-state index contributed by atoms with van der Waals surface area (Å²) in [5.74, 6) is 2.00. The van der Waals surface area contributed by atoms with E-state index in [0.29, 0.717) is 18.7 Å². The lowest BCUT2D eigenvalue weighted by Gasteiger charge is -2.32. The summed E-state index contributed by atoms with van der Waals surface area (Å²) >= 11 is 0. The first kappa shape index (κ1) is 26.9. The Kier molecular flexibility index (Phi) is 8.39. The normalized spacial score (nSPS) is 19.3. The van der Waals surface area contributed by atoms with Crippen LogP contribution in [0, 0.1) is 5.92 Å². The predicted octanol–water partition coefficient (Wildman–Crippen LogP) is 5.60. The van der Waals surface area contributed by atoms with Gasteiger partial charge in [0.1, 0.15) is 23.1 Å². The van der Waals surface area contributed by atoms with Crippen molar-refractivity contribution in [2.24, 2.45) is 5.92 Å². The highest BCUT2D eigenvalue weighted by Gasteiger charge is 2.26. The van der Waals surface area contributed by atoms with Crippen molar-refractivity contribution in [3.8, 4) is 11.5 Å². The molecule has 3 fully saturated rings. The fourth-order valence-corrected chi connectivity index (χ4v) is 5.68. The van der Waals surface area contributed by atoms with Crippen LogP contribution in [0.1, 0.15) is 57.4 Å². The minimum atomic E-state index is 0.104. The number of nitrogens with one attached hydrogen (secondary N) is 2. The van der Waals surface area contributed by atoms with Gasteiger partial charge in [0.05, 0.1) is 19.8 Å². The number of hydrogen-bond donors (Lipinski definition) is 2. The molecule has 1 aromatic heterocycles. The number of ether oxygens (including phenoxy) is 3. The molecule has 214 valence electrons. The number of nitrogens with zero attached hydrogens (tertiary/aromatic N) is 2. The summed E-state index contributed by atoms with van der Waals surface area (Å²) in [5.41, 5.74) is 3.44. The van der Waals surface area contributed by atoms with E-state index in [1.54, 1.807) is 0 Å². The van der Waals surface area contributed by atoms with Gasteiger partial charge in [-0.15, -0.1) is 0 Å². The molecule has 3 aromatic rings. The summed E-state index contributed by atoms with van der Waals surface area (Å²) in [6.45, 7) is 6.96. The van der Waals surface area contributed by atoms with Crippen molar-refractivity contribution in [1.29, 1.82) is 0 Å². The smallest absolute Gasteiger partial charge is 0.295 e. The number of piperidine rings is 1. The molecule has 9 heteroatoms. The molecule has 2 aromatic carbocycles. The number of fused-ring (bicyclic) bond motifs is 1. The van der Waals surface area contributed by atoms with E-state index in [1.165, 1.54) is 5.56 Å². The number of oxazole rings is 1. The minimum absolute atomic E-state index is 0.104. The van der Waals surface area contributed by atoms with Crippen LogP contribution < -0.4 is 20.1 Å². The SMILES string of the molecule is CCOc1cc(CN2CCC(Nc3nc4cc(NC(=O)C5CCC5)ccc4o3)CC2)cc(OC2CCOCC2)c1. The number of carbonyl (C=O) groups is 1. The van der Waals surface area contributed by atoms with Crippen LogP contribution in [0.15, 0.2) is 40.8 Å². The Hall–Kier alpha value is -3.30. The second kappa shape index (κ2) is 12.5. The van der Waals surface area contributed by atoms with Crippen LogP contribution in [0.2, 0.25) is 0 Å². The minimum Gasteiger partial charge on any atom is -0.494 e. The zero-order valence-electron chi connectivity index (χ0n) is 23.3. The first-order chi connectivity index (χ1) is 19.6. The third-order valence-corrected chi connectivity index (χ3v) is 8.17. The second-order valence-electron chi connectivity index (χ2n) is 11.2. The van der Waals surface area contributed by atoms with Crippen LogP contribution in [0.3, 0.4) is 0 Å².